The number of carbonyl (C=O) groups excluding carboxylic acids is 1. The molecule has 0 saturated heterocycles. The van der Waals surface area contributed by atoms with Crippen molar-refractivity contribution in [2.75, 3.05) is 0 Å². The van der Waals surface area contributed by atoms with Crippen LogP contribution in [-0.4, -0.2) is 25.3 Å². The molecular weight excluding hydrogens is 340 g/mol. The molecule has 0 spiro atoms. The smallest absolute Gasteiger partial charge is 0.327 e. The normalized spacial score (nSPS) is 10.9. The van der Waals surface area contributed by atoms with Gasteiger partial charge in [-0.15, -0.1) is 0 Å². The van der Waals surface area contributed by atoms with Gasteiger partial charge >= 0.3 is 5.69 Å². The predicted octanol–water partition coefficient (Wildman–Crippen LogP) is 1.06. The van der Waals surface area contributed by atoms with Crippen LogP contribution in [0.1, 0.15) is 10.4 Å². The fourth-order valence-electron chi connectivity index (χ4n) is 1.99. The van der Waals surface area contributed by atoms with Crippen molar-refractivity contribution in [3.63, 3.8) is 0 Å². The highest BCUT2D eigenvalue weighted by atomic mass is 79.9. The van der Waals surface area contributed by atoms with E-state index < -0.39 is 11.2 Å². The third kappa shape index (κ3) is 2.45. The Morgan fingerprint density at radius 2 is 1.90 bits per heavy atom. The first-order valence-corrected chi connectivity index (χ1v) is 6.82. The second kappa shape index (κ2) is 5.13. The van der Waals surface area contributed by atoms with Gasteiger partial charge in [0, 0.05) is 5.56 Å². The molecule has 3 rings (SSSR count). The van der Waals surface area contributed by atoms with Crippen LogP contribution in [0.2, 0.25) is 0 Å². The lowest BCUT2D eigenvalue weighted by atomic mass is 10.1. The first-order chi connectivity index (χ1) is 10.1. The van der Waals surface area contributed by atoms with E-state index in [-0.39, 0.29) is 23.5 Å². The van der Waals surface area contributed by atoms with Crippen LogP contribution in [0.5, 0.6) is 0 Å². The maximum atomic E-state index is 12.2. The van der Waals surface area contributed by atoms with Crippen LogP contribution >= 0.6 is 15.9 Å². The van der Waals surface area contributed by atoms with Gasteiger partial charge in [-0.3, -0.25) is 19.1 Å². The Hall–Kier alpha value is -2.48. The molecule has 0 atom stereocenters. The van der Waals surface area contributed by atoms with Crippen LogP contribution in [0.3, 0.4) is 0 Å². The number of halogens is 1. The highest BCUT2D eigenvalue weighted by Crippen LogP contribution is 2.07. The van der Waals surface area contributed by atoms with Gasteiger partial charge in [0.25, 0.3) is 5.56 Å². The monoisotopic (exact) mass is 348 g/mol. The molecule has 106 valence electrons. The Labute approximate surface area is 125 Å². The number of nitrogens with one attached hydrogen (secondary N) is 2. The van der Waals surface area contributed by atoms with Crippen molar-refractivity contribution >= 4 is 32.9 Å². The zero-order valence-corrected chi connectivity index (χ0v) is 12.2. The molecule has 7 nitrogen and oxygen atoms in total. The number of H-pyrrole nitrogens is 2. The van der Waals surface area contributed by atoms with E-state index in [1.807, 2.05) is 0 Å². The second-order valence-corrected chi connectivity index (χ2v) is 5.11. The fraction of sp³-hybridized carbons (Fsp3) is 0.0769. The molecule has 8 heteroatoms. The zero-order chi connectivity index (χ0) is 15.0. The number of nitrogens with zero attached hydrogens (tertiary/aromatic N) is 2. The summed E-state index contributed by atoms with van der Waals surface area (Å²) in [5.74, 6) is -0.318. The summed E-state index contributed by atoms with van der Waals surface area (Å²) in [6.07, 6.45) is 0. The Bertz CT molecular complexity index is 939. The van der Waals surface area contributed by atoms with E-state index in [0.29, 0.717) is 10.3 Å². The number of Topliss-reactive ketones (excluding diaryl/α,β-unsaturated/α-hetero) is 1. The number of ketones is 1. The second-order valence-electron chi connectivity index (χ2n) is 4.36. The van der Waals surface area contributed by atoms with Gasteiger partial charge in [0.15, 0.2) is 21.7 Å². The molecule has 0 bridgehead atoms. The Balaban J connectivity index is 2.07. The molecule has 0 aliphatic carbocycles. The molecule has 2 heterocycles. The molecule has 1 aromatic carbocycles. The molecule has 0 saturated carbocycles. The number of carbonyl (C=O) groups is 1. The minimum absolute atomic E-state index is 0.141. The lowest BCUT2D eigenvalue weighted by molar-refractivity contribution is 0.0969. The standard InChI is InChI=1S/C13H9BrN4O3/c14-12-15-9-10(16-12)17-13(21)18(11(9)20)6-8(19)7-4-2-1-3-5-7/h1-5H,6H2,(H,15,16)(H,17,21). The molecule has 0 radical (unpaired) electrons. The number of imidazole rings is 1. The summed E-state index contributed by atoms with van der Waals surface area (Å²) < 4.78 is 1.18. The van der Waals surface area contributed by atoms with E-state index in [4.69, 9.17) is 0 Å². The van der Waals surface area contributed by atoms with Gasteiger partial charge in [-0.25, -0.2) is 9.78 Å². The van der Waals surface area contributed by atoms with Gasteiger partial charge in [0.2, 0.25) is 0 Å². The minimum Gasteiger partial charge on any atom is -0.327 e. The lowest BCUT2D eigenvalue weighted by Crippen LogP contribution is -2.37. The number of fused-ring (bicyclic) bond motifs is 1. The van der Waals surface area contributed by atoms with Gasteiger partial charge in [-0.2, -0.15) is 0 Å². The summed E-state index contributed by atoms with van der Waals surface area (Å²) >= 11 is 3.09. The molecule has 0 fully saturated rings. The van der Waals surface area contributed by atoms with Crippen molar-refractivity contribution < 1.29 is 4.79 Å². The molecule has 2 aromatic heterocycles. The molecular formula is C13H9BrN4O3. The minimum atomic E-state index is -0.671. The number of hydrogen-bond acceptors (Lipinski definition) is 4. The van der Waals surface area contributed by atoms with Crippen LogP contribution < -0.4 is 11.2 Å². The topological polar surface area (TPSA) is 101 Å². The molecule has 2 N–H and O–H groups in total. The highest BCUT2D eigenvalue weighted by molar-refractivity contribution is 9.10. The molecule has 0 amide bonds. The Morgan fingerprint density at radius 1 is 1.19 bits per heavy atom. The van der Waals surface area contributed by atoms with Crippen LogP contribution in [0, 0.1) is 0 Å². The van der Waals surface area contributed by atoms with Crippen LogP contribution in [0.4, 0.5) is 0 Å². The predicted molar refractivity (Wildman–Crippen MR) is 79.4 cm³/mol. The number of rotatable bonds is 3. The third-order valence-electron chi connectivity index (χ3n) is 3.00. The number of aromatic amines is 2. The first kappa shape index (κ1) is 13.5. The van der Waals surface area contributed by atoms with Crippen molar-refractivity contribution in [1.82, 2.24) is 19.5 Å². The van der Waals surface area contributed by atoms with Gasteiger partial charge in [-0.1, -0.05) is 30.3 Å². The summed E-state index contributed by atoms with van der Waals surface area (Å²) in [6.45, 7) is -0.329. The fourth-order valence-corrected chi connectivity index (χ4v) is 2.36. The van der Waals surface area contributed by atoms with Gasteiger partial charge in [0.1, 0.15) is 0 Å². The van der Waals surface area contributed by atoms with E-state index in [0.717, 1.165) is 4.57 Å². The van der Waals surface area contributed by atoms with Crippen molar-refractivity contribution in [3.8, 4) is 0 Å². The molecule has 21 heavy (non-hydrogen) atoms. The van der Waals surface area contributed by atoms with Crippen molar-refractivity contribution in [3.05, 3.63) is 61.5 Å². The van der Waals surface area contributed by atoms with Gasteiger partial charge in [-0.05, 0) is 15.9 Å². The summed E-state index contributed by atoms with van der Waals surface area (Å²) in [5, 5.41) is 0. The molecule has 3 aromatic rings. The maximum absolute atomic E-state index is 12.2. The number of benzene rings is 1. The Morgan fingerprint density at radius 3 is 2.62 bits per heavy atom. The summed E-state index contributed by atoms with van der Waals surface area (Å²) in [6, 6.07) is 8.48. The van der Waals surface area contributed by atoms with Gasteiger partial charge < -0.3 is 4.98 Å². The van der Waals surface area contributed by atoms with E-state index in [1.165, 1.54) is 0 Å². The largest absolute Gasteiger partial charge is 0.330 e. The highest BCUT2D eigenvalue weighted by Gasteiger charge is 2.14. The van der Waals surface area contributed by atoms with Crippen LogP contribution in [0.15, 0.2) is 44.7 Å². The zero-order valence-electron chi connectivity index (χ0n) is 10.6. The van der Waals surface area contributed by atoms with Crippen molar-refractivity contribution in [1.29, 1.82) is 0 Å². The quantitative estimate of drug-likeness (QED) is 0.545. The summed E-state index contributed by atoms with van der Waals surface area (Å²) in [7, 11) is 0. The molecule has 0 unspecified atom stereocenters. The molecule has 0 aliphatic heterocycles. The average Bonchev–Trinajstić information content (AvgIpc) is 2.85. The van der Waals surface area contributed by atoms with E-state index >= 15 is 0 Å². The van der Waals surface area contributed by atoms with Crippen LogP contribution in [0.25, 0.3) is 11.2 Å². The number of hydrogen-bond donors (Lipinski definition) is 2. The van der Waals surface area contributed by atoms with E-state index in [9.17, 15) is 14.4 Å². The summed E-state index contributed by atoms with van der Waals surface area (Å²) in [5.41, 5.74) is -0.524. The first-order valence-electron chi connectivity index (χ1n) is 6.03. The number of aromatic nitrogens is 4. The van der Waals surface area contributed by atoms with E-state index in [1.54, 1.807) is 30.3 Å². The lowest BCUT2D eigenvalue weighted by Gasteiger charge is -2.03. The van der Waals surface area contributed by atoms with Crippen LogP contribution in [-0.2, 0) is 6.54 Å². The SMILES string of the molecule is O=C(Cn1c(=O)[nH]c2nc(Br)[nH]c2c1=O)c1ccccc1. The molecule has 0 aliphatic rings. The van der Waals surface area contributed by atoms with Crippen molar-refractivity contribution in [2.24, 2.45) is 0 Å². The van der Waals surface area contributed by atoms with Gasteiger partial charge in [0.05, 0.1) is 6.54 Å². The third-order valence-corrected chi connectivity index (χ3v) is 3.38. The average molecular weight is 349 g/mol. The van der Waals surface area contributed by atoms with E-state index in [2.05, 4.69) is 30.9 Å². The maximum Gasteiger partial charge on any atom is 0.330 e. The Kier molecular flexibility index (Phi) is 3.30. The van der Waals surface area contributed by atoms with Crippen molar-refractivity contribution in [2.45, 2.75) is 6.54 Å². The summed E-state index contributed by atoms with van der Waals surface area (Å²) in [4.78, 5) is 45.3.